The number of nitrogens with zero attached hydrogens (tertiary/aromatic N) is 1. The minimum absolute atomic E-state index is 0.137. The SMILES string of the molecule is C[C@@H](N)C(=O)NCc1cc(Br)cn1C. The maximum absolute atomic E-state index is 11.2. The summed E-state index contributed by atoms with van der Waals surface area (Å²) in [6.07, 6.45) is 1.94. The van der Waals surface area contributed by atoms with Gasteiger partial charge >= 0.3 is 0 Å². The molecule has 0 aliphatic carbocycles. The lowest BCUT2D eigenvalue weighted by Gasteiger charge is -2.07. The molecule has 0 saturated carbocycles. The lowest BCUT2D eigenvalue weighted by Crippen LogP contribution is -2.38. The average Bonchev–Trinajstić information content (AvgIpc) is 2.40. The molecule has 1 atom stereocenters. The first-order chi connectivity index (χ1) is 6.50. The zero-order valence-corrected chi connectivity index (χ0v) is 9.84. The summed E-state index contributed by atoms with van der Waals surface area (Å²) < 4.78 is 2.95. The number of aryl methyl sites for hydroxylation is 1. The lowest BCUT2D eigenvalue weighted by molar-refractivity contribution is -0.122. The van der Waals surface area contributed by atoms with Gasteiger partial charge in [-0.1, -0.05) is 0 Å². The Balaban J connectivity index is 2.54. The van der Waals surface area contributed by atoms with Gasteiger partial charge in [0.1, 0.15) is 0 Å². The van der Waals surface area contributed by atoms with E-state index in [4.69, 9.17) is 5.73 Å². The second-order valence-corrected chi connectivity index (χ2v) is 4.18. The lowest BCUT2D eigenvalue weighted by atomic mass is 10.3. The first kappa shape index (κ1) is 11.3. The summed E-state index contributed by atoms with van der Waals surface area (Å²) in [6.45, 7) is 2.17. The summed E-state index contributed by atoms with van der Waals surface area (Å²) in [4.78, 5) is 11.2. The quantitative estimate of drug-likeness (QED) is 0.842. The van der Waals surface area contributed by atoms with E-state index in [2.05, 4.69) is 21.2 Å². The van der Waals surface area contributed by atoms with E-state index in [0.29, 0.717) is 6.54 Å². The Morgan fingerprint density at radius 1 is 1.79 bits per heavy atom. The number of amides is 1. The molecule has 1 heterocycles. The number of carbonyl (C=O) groups is 1. The van der Waals surface area contributed by atoms with Gasteiger partial charge in [0.25, 0.3) is 0 Å². The molecule has 1 rings (SSSR count). The van der Waals surface area contributed by atoms with Gasteiger partial charge in [-0.25, -0.2) is 0 Å². The van der Waals surface area contributed by atoms with Crippen LogP contribution in [0.5, 0.6) is 0 Å². The Hall–Kier alpha value is -0.810. The van der Waals surface area contributed by atoms with Gasteiger partial charge < -0.3 is 15.6 Å². The zero-order chi connectivity index (χ0) is 10.7. The fourth-order valence-electron chi connectivity index (χ4n) is 1.08. The third kappa shape index (κ3) is 2.85. The molecule has 0 aliphatic heterocycles. The van der Waals surface area contributed by atoms with Crippen LogP contribution in [0, 0.1) is 0 Å². The third-order valence-corrected chi connectivity index (χ3v) is 2.37. The Bertz CT molecular complexity index is 333. The van der Waals surface area contributed by atoms with Crippen LogP contribution < -0.4 is 11.1 Å². The van der Waals surface area contributed by atoms with Crippen LogP contribution in [0.4, 0.5) is 0 Å². The van der Waals surface area contributed by atoms with Gasteiger partial charge in [-0.05, 0) is 28.9 Å². The van der Waals surface area contributed by atoms with Crippen molar-refractivity contribution in [2.75, 3.05) is 0 Å². The molecule has 0 spiro atoms. The molecule has 0 fully saturated rings. The number of carbonyl (C=O) groups excluding carboxylic acids is 1. The standard InChI is InChI=1S/C9H14BrN3O/c1-6(11)9(14)12-4-8-3-7(10)5-13(8)2/h3,5-6H,4,11H2,1-2H3,(H,12,14)/t6-/m1/s1. The maximum Gasteiger partial charge on any atom is 0.236 e. The van der Waals surface area contributed by atoms with Crippen LogP contribution in [-0.4, -0.2) is 16.5 Å². The van der Waals surface area contributed by atoms with E-state index >= 15 is 0 Å². The highest BCUT2D eigenvalue weighted by molar-refractivity contribution is 9.10. The largest absolute Gasteiger partial charge is 0.352 e. The van der Waals surface area contributed by atoms with Gasteiger partial charge in [0.2, 0.25) is 5.91 Å². The molecule has 1 amide bonds. The van der Waals surface area contributed by atoms with Crippen molar-refractivity contribution in [1.82, 2.24) is 9.88 Å². The summed E-state index contributed by atoms with van der Waals surface area (Å²) in [6, 6.07) is 1.50. The van der Waals surface area contributed by atoms with Crippen molar-refractivity contribution in [3.63, 3.8) is 0 Å². The molecule has 4 nitrogen and oxygen atoms in total. The van der Waals surface area contributed by atoms with Gasteiger partial charge in [0.15, 0.2) is 0 Å². The first-order valence-electron chi connectivity index (χ1n) is 4.34. The molecule has 0 aliphatic rings. The number of hydrogen-bond acceptors (Lipinski definition) is 2. The summed E-state index contributed by atoms with van der Waals surface area (Å²) >= 11 is 3.36. The molecule has 78 valence electrons. The van der Waals surface area contributed by atoms with E-state index in [0.717, 1.165) is 10.2 Å². The average molecular weight is 260 g/mol. The minimum atomic E-state index is -0.460. The highest BCUT2D eigenvalue weighted by Gasteiger charge is 2.07. The number of rotatable bonds is 3. The zero-order valence-electron chi connectivity index (χ0n) is 8.25. The van der Waals surface area contributed by atoms with E-state index < -0.39 is 6.04 Å². The van der Waals surface area contributed by atoms with E-state index in [1.54, 1.807) is 6.92 Å². The minimum Gasteiger partial charge on any atom is -0.352 e. The second-order valence-electron chi connectivity index (χ2n) is 3.27. The maximum atomic E-state index is 11.2. The van der Waals surface area contributed by atoms with Crippen molar-refractivity contribution in [2.45, 2.75) is 19.5 Å². The number of hydrogen-bond donors (Lipinski definition) is 2. The van der Waals surface area contributed by atoms with E-state index in [1.807, 2.05) is 23.9 Å². The predicted octanol–water partition coefficient (Wildman–Crippen LogP) is 0.751. The van der Waals surface area contributed by atoms with Crippen molar-refractivity contribution in [3.05, 3.63) is 22.4 Å². The van der Waals surface area contributed by atoms with Crippen LogP contribution in [0.3, 0.4) is 0 Å². The molecule has 3 N–H and O–H groups in total. The summed E-state index contributed by atoms with van der Waals surface area (Å²) in [7, 11) is 1.93. The van der Waals surface area contributed by atoms with Crippen molar-refractivity contribution >= 4 is 21.8 Å². The van der Waals surface area contributed by atoms with Crippen LogP contribution in [0.25, 0.3) is 0 Å². The molecule has 1 aromatic rings. The molecule has 5 heteroatoms. The monoisotopic (exact) mass is 259 g/mol. The van der Waals surface area contributed by atoms with Crippen LogP contribution in [0.2, 0.25) is 0 Å². The van der Waals surface area contributed by atoms with E-state index in [-0.39, 0.29) is 5.91 Å². The Morgan fingerprint density at radius 3 is 2.86 bits per heavy atom. The predicted molar refractivity (Wildman–Crippen MR) is 58.6 cm³/mol. The molecule has 0 saturated heterocycles. The fourth-order valence-corrected chi connectivity index (χ4v) is 1.65. The van der Waals surface area contributed by atoms with Crippen LogP contribution in [0.1, 0.15) is 12.6 Å². The van der Waals surface area contributed by atoms with E-state index in [9.17, 15) is 4.79 Å². The smallest absolute Gasteiger partial charge is 0.236 e. The van der Waals surface area contributed by atoms with Crippen molar-refractivity contribution in [1.29, 1.82) is 0 Å². The van der Waals surface area contributed by atoms with Gasteiger partial charge in [-0.2, -0.15) is 0 Å². The van der Waals surface area contributed by atoms with Gasteiger partial charge in [-0.15, -0.1) is 0 Å². The summed E-state index contributed by atoms with van der Waals surface area (Å²) in [5, 5.41) is 2.75. The molecule has 0 radical (unpaired) electrons. The number of nitrogens with one attached hydrogen (secondary N) is 1. The van der Waals surface area contributed by atoms with Crippen molar-refractivity contribution < 1.29 is 4.79 Å². The van der Waals surface area contributed by atoms with Crippen LogP contribution in [0.15, 0.2) is 16.7 Å². The molecule has 1 aromatic heterocycles. The Morgan fingerprint density at radius 2 is 2.43 bits per heavy atom. The third-order valence-electron chi connectivity index (χ3n) is 1.93. The van der Waals surface area contributed by atoms with Crippen molar-refractivity contribution in [3.8, 4) is 0 Å². The highest BCUT2D eigenvalue weighted by Crippen LogP contribution is 2.13. The van der Waals surface area contributed by atoms with Crippen molar-refractivity contribution in [2.24, 2.45) is 12.8 Å². The summed E-state index contributed by atoms with van der Waals surface area (Å²) in [5.74, 6) is -0.137. The molecule has 0 bridgehead atoms. The van der Waals surface area contributed by atoms with Crippen LogP contribution in [-0.2, 0) is 18.4 Å². The molecule has 14 heavy (non-hydrogen) atoms. The van der Waals surface area contributed by atoms with Crippen LogP contribution >= 0.6 is 15.9 Å². The summed E-state index contributed by atoms with van der Waals surface area (Å²) in [5.41, 5.74) is 6.45. The Labute approximate surface area is 91.6 Å². The topological polar surface area (TPSA) is 60.1 Å². The second kappa shape index (κ2) is 4.61. The molecule has 0 aromatic carbocycles. The van der Waals surface area contributed by atoms with Gasteiger partial charge in [0.05, 0.1) is 12.6 Å². The number of nitrogens with two attached hydrogens (primary N) is 1. The molecular weight excluding hydrogens is 246 g/mol. The number of halogens is 1. The fraction of sp³-hybridized carbons (Fsp3) is 0.444. The number of aromatic nitrogens is 1. The normalized spacial score (nSPS) is 12.6. The van der Waals surface area contributed by atoms with Gasteiger partial charge in [-0.3, -0.25) is 4.79 Å². The molecular formula is C9H14BrN3O. The van der Waals surface area contributed by atoms with Gasteiger partial charge in [0, 0.05) is 23.4 Å². The Kier molecular flexibility index (Phi) is 3.71. The molecule has 0 unspecified atom stereocenters. The van der Waals surface area contributed by atoms with E-state index in [1.165, 1.54) is 0 Å². The highest BCUT2D eigenvalue weighted by atomic mass is 79.9. The first-order valence-corrected chi connectivity index (χ1v) is 5.14.